The molecule has 1 aliphatic rings. The van der Waals surface area contributed by atoms with E-state index in [1.54, 1.807) is 6.20 Å². The van der Waals surface area contributed by atoms with Gasteiger partial charge in [-0.1, -0.05) is 0 Å². The number of alkyl halides is 1. The predicted octanol–water partition coefficient (Wildman–Crippen LogP) is 2.09. The van der Waals surface area contributed by atoms with Crippen LogP contribution < -0.4 is 0 Å². The average molecular weight is 169 g/mol. The number of aryl methyl sites for hydroxylation is 1. The monoisotopic (exact) mass is 168 g/mol. The molecule has 0 saturated heterocycles. The second kappa shape index (κ2) is 2.78. The van der Waals surface area contributed by atoms with Crippen LogP contribution in [0.15, 0.2) is 12.4 Å². The Labute approximate surface area is 70.6 Å². The molecular formula is C8H9ClN2. The topological polar surface area (TPSA) is 25.8 Å². The lowest BCUT2D eigenvalue weighted by atomic mass is 9.94. The van der Waals surface area contributed by atoms with Crippen LogP contribution in [0.2, 0.25) is 0 Å². The molecule has 0 radical (unpaired) electrons. The Balaban J connectivity index is 2.44. The highest BCUT2D eigenvalue weighted by Crippen LogP contribution is 2.32. The van der Waals surface area contributed by atoms with Crippen molar-refractivity contribution in [2.75, 3.05) is 0 Å². The van der Waals surface area contributed by atoms with Gasteiger partial charge in [0.15, 0.2) is 0 Å². The van der Waals surface area contributed by atoms with Crippen molar-refractivity contribution in [2.45, 2.75) is 24.6 Å². The SMILES string of the molecule is ClC1CCCc2cnncc21. The first-order valence-corrected chi connectivity index (χ1v) is 4.25. The molecular weight excluding hydrogens is 160 g/mol. The number of nitrogens with zero attached hydrogens (tertiary/aromatic N) is 2. The number of halogens is 1. The van der Waals surface area contributed by atoms with Gasteiger partial charge in [-0.2, -0.15) is 10.2 Å². The molecule has 1 aromatic rings. The van der Waals surface area contributed by atoms with Gasteiger partial charge in [0.05, 0.1) is 17.8 Å². The van der Waals surface area contributed by atoms with Crippen LogP contribution in [-0.4, -0.2) is 10.2 Å². The summed E-state index contributed by atoms with van der Waals surface area (Å²) in [5.74, 6) is 0. The van der Waals surface area contributed by atoms with E-state index < -0.39 is 0 Å². The Morgan fingerprint density at radius 2 is 2.18 bits per heavy atom. The molecule has 11 heavy (non-hydrogen) atoms. The summed E-state index contributed by atoms with van der Waals surface area (Å²) in [6.07, 6.45) is 6.96. The fraction of sp³-hybridized carbons (Fsp3) is 0.500. The van der Waals surface area contributed by atoms with Crippen LogP contribution in [0.1, 0.15) is 29.3 Å². The molecule has 0 saturated carbocycles. The summed E-state index contributed by atoms with van der Waals surface area (Å²) in [6, 6.07) is 0. The third-order valence-corrected chi connectivity index (χ3v) is 2.54. The summed E-state index contributed by atoms with van der Waals surface area (Å²) in [4.78, 5) is 0. The lowest BCUT2D eigenvalue weighted by molar-refractivity contribution is 0.657. The highest BCUT2D eigenvalue weighted by Gasteiger charge is 2.17. The van der Waals surface area contributed by atoms with Gasteiger partial charge in [0.1, 0.15) is 0 Å². The largest absolute Gasteiger partial charge is 0.159 e. The normalized spacial score (nSPS) is 22.8. The average Bonchev–Trinajstić information content (AvgIpc) is 2.06. The van der Waals surface area contributed by atoms with Gasteiger partial charge in [0, 0.05) is 0 Å². The van der Waals surface area contributed by atoms with Crippen molar-refractivity contribution in [1.82, 2.24) is 10.2 Å². The van der Waals surface area contributed by atoms with Gasteiger partial charge in [-0.3, -0.25) is 0 Å². The summed E-state index contributed by atoms with van der Waals surface area (Å²) >= 11 is 6.08. The maximum Gasteiger partial charge on any atom is 0.0604 e. The number of fused-ring (bicyclic) bond motifs is 1. The maximum absolute atomic E-state index is 6.08. The van der Waals surface area contributed by atoms with Crippen LogP contribution in [0.3, 0.4) is 0 Å². The lowest BCUT2D eigenvalue weighted by Gasteiger charge is -2.18. The van der Waals surface area contributed by atoms with Crippen LogP contribution in [0.5, 0.6) is 0 Å². The van der Waals surface area contributed by atoms with Gasteiger partial charge in [0.2, 0.25) is 0 Å². The van der Waals surface area contributed by atoms with E-state index in [4.69, 9.17) is 11.6 Å². The standard InChI is InChI=1S/C8H9ClN2/c9-8-3-1-2-6-4-10-11-5-7(6)8/h4-5,8H,1-3H2. The Hall–Kier alpha value is -0.630. The Morgan fingerprint density at radius 3 is 3.00 bits per heavy atom. The van der Waals surface area contributed by atoms with Crippen molar-refractivity contribution in [2.24, 2.45) is 0 Å². The highest BCUT2D eigenvalue weighted by atomic mass is 35.5. The second-order valence-electron chi connectivity index (χ2n) is 2.83. The fourth-order valence-electron chi connectivity index (χ4n) is 1.47. The summed E-state index contributed by atoms with van der Waals surface area (Å²) in [5, 5.41) is 7.80. The molecule has 1 unspecified atom stereocenters. The molecule has 2 nitrogen and oxygen atoms in total. The van der Waals surface area contributed by atoms with E-state index in [2.05, 4.69) is 10.2 Å². The van der Waals surface area contributed by atoms with Crippen molar-refractivity contribution < 1.29 is 0 Å². The number of hydrogen-bond acceptors (Lipinski definition) is 2. The van der Waals surface area contributed by atoms with E-state index in [0.29, 0.717) is 0 Å². The van der Waals surface area contributed by atoms with Crippen LogP contribution in [0.4, 0.5) is 0 Å². The molecule has 1 aliphatic carbocycles. The smallest absolute Gasteiger partial charge is 0.0604 e. The number of aromatic nitrogens is 2. The molecule has 58 valence electrons. The number of rotatable bonds is 0. The predicted molar refractivity (Wildman–Crippen MR) is 43.6 cm³/mol. The minimum atomic E-state index is 0.161. The minimum Gasteiger partial charge on any atom is -0.159 e. The van der Waals surface area contributed by atoms with E-state index in [9.17, 15) is 0 Å². The third kappa shape index (κ3) is 1.23. The molecule has 1 aromatic heterocycles. The molecule has 0 N–H and O–H groups in total. The van der Waals surface area contributed by atoms with Crippen molar-refractivity contribution in [3.8, 4) is 0 Å². The molecule has 0 bridgehead atoms. The lowest BCUT2D eigenvalue weighted by Crippen LogP contribution is -2.06. The van der Waals surface area contributed by atoms with E-state index >= 15 is 0 Å². The van der Waals surface area contributed by atoms with Gasteiger partial charge in [-0.15, -0.1) is 11.6 Å². The van der Waals surface area contributed by atoms with Gasteiger partial charge < -0.3 is 0 Å². The Morgan fingerprint density at radius 1 is 1.36 bits per heavy atom. The quantitative estimate of drug-likeness (QED) is 0.555. The van der Waals surface area contributed by atoms with Crippen LogP contribution in [0.25, 0.3) is 0 Å². The zero-order chi connectivity index (χ0) is 7.68. The van der Waals surface area contributed by atoms with Crippen molar-refractivity contribution >= 4 is 11.6 Å². The molecule has 2 rings (SSSR count). The van der Waals surface area contributed by atoms with Gasteiger partial charge >= 0.3 is 0 Å². The van der Waals surface area contributed by atoms with Crippen LogP contribution >= 0.6 is 11.6 Å². The first-order chi connectivity index (χ1) is 5.38. The van der Waals surface area contributed by atoms with E-state index in [1.165, 1.54) is 17.5 Å². The van der Waals surface area contributed by atoms with Crippen LogP contribution in [-0.2, 0) is 6.42 Å². The summed E-state index contributed by atoms with van der Waals surface area (Å²) < 4.78 is 0. The summed E-state index contributed by atoms with van der Waals surface area (Å²) in [6.45, 7) is 0. The van der Waals surface area contributed by atoms with Crippen molar-refractivity contribution in [3.05, 3.63) is 23.5 Å². The van der Waals surface area contributed by atoms with Crippen LogP contribution in [0, 0.1) is 0 Å². The molecule has 1 heterocycles. The number of hydrogen-bond donors (Lipinski definition) is 0. The summed E-state index contributed by atoms with van der Waals surface area (Å²) in [7, 11) is 0. The molecule has 1 atom stereocenters. The molecule has 0 aliphatic heterocycles. The van der Waals surface area contributed by atoms with Gasteiger partial charge in [-0.05, 0) is 30.4 Å². The fourth-order valence-corrected chi connectivity index (χ4v) is 1.82. The molecule has 0 aromatic carbocycles. The molecule has 3 heteroatoms. The zero-order valence-electron chi connectivity index (χ0n) is 6.13. The van der Waals surface area contributed by atoms with Crippen molar-refractivity contribution in [1.29, 1.82) is 0 Å². The van der Waals surface area contributed by atoms with E-state index in [0.717, 1.165) is 12.8 Å². The highest BCUT2D eigenvalue weighted by molar-refractivity contribution is 6.20. The Kier molecular flexibility index (Phi) is 1.78. The van der Waals surface area contributed by atoms with Gasteiger partial charge in [-0.25, -0.2) is 0 Å². The van der Waals surface area contributed by atoms with Crippen molar-refractivity contribution in [3.63, 3.8) is 0 Å². The zero-order valence-corrected chi connectivity index (χ0v) is 6.88. The first-order valence-electron chi connectivity index (χ1n) is 3.81. The summed E-state index contributed by atoms with van der Waals surface area (Å²) in [5.41, 5.74) is 2.44. The minimum absolute atomic E-state index is 0.161. The first kappa shape index (κ1) is 7.04. The molecule has 0 spiro atoms. The maximum atomic E-state index is 6.08. The van der Waals surface area contributed by atoms with E-state index in [-0.39, 0.29) is 5.38 Å². The van der Waals surface area contributed by atoms with E-state index in [1.807, 2.05) is 6.20 Å². The molecule has 0 fully saturated rings. The van der Waals surface area contributed by atoms with Gasteiger partial charge in [0.25, 0.3) is 0 Å². The third-order valence-electron chi connectivity index (χ3n) is 2.09. The molecule has 0 amide bonds. The Bertz CT molecular complexity index is 262. The second-order valence-corrected chi connectivity index (χ2v) is 3.36.